The summed E-state index contributed by atoms with van der Waals surface area (Å²) in [6.07, 6.45) is 3.37. The van der Waals surface area contributed by atoms with Crippen LogP contribution in [-0.4, -0.2) is 5.91 Å². The van der Waals surface area contributed by atoms with Gasteiger partial charge >= 0.3 is 0 Å². The van der Waals surface area contributed by atoms with Gasteiger partial charge < -0.3 is 5.32 Å². The second kappa shape index (κ2) is 6.20. The number of amides is 1. The molecule has 2 heteroatoms. The van der Waals surface area contributed by atoms with Crippen molar-refractivity contribution >= 4 is 17.7 Å². The molecule has 0 unspecified atom stereocenters. The fraction of sp³-hybridized carbons (Fsp3) is 0.167. The molecule has 1 amide bonds. The summed E-state index contributed by atoms with van der Waals surface area (Å²) in [5.41, 5.74) is 5.45. The average molecular weight is 265 g/mol. The van der Waals surface area contributed by atoms with E-state index in [2.05, 4.69) is 12.2 Å². The van der Waals surface area contributed by atoms with E-state index in [4.69, 9.17) is 0 Å². The lowest BCUT2D eigenvalue weighted by molar-refractivity contribution is -0.111. The van der Waals surface area contributed by atoms with Gasteiger partial charge in [0.15, 0.2) is 0 Å². The van der Waals surface area contributed by atoms with E-state index >= 15 is 0 Å². The van der Waals surface area contributed by atoms with E-state index in [0.717, 1.165) is 11.3 Å². The number of rotatable bonds is 3. The molecule has 0 fully saturated rings. The van der Waals surface area contributed by atoms with Crippen LogP contribution in [-0.2, 0) is 4.79 Å². The molecule has 0 aliphatic rings. The molecule has 0 bridgehead atoms. The third kappa shape index (κ3) is 3.82. The van der Waals surface area contributed by atoms with Crippen LogP contribution in [0.4, 0.5) is 5.69 Å². The Morgan fingerprint density at radius 3 is 2.30 bits per heavy atom. The monoisotopic (exact) mass is 265 g/mol. The molecule has 0 saturated heterocycles. The molecule has 2 nitrogen and oxygen atoms in total. The van der Waals surface area contributed by atoms with E-state index in [1.54, 1.807) is 6.08 Å². The molecular formula is C18H19NO. The van der Waals surface area contributed by atoms with Gasteiger partial charge in [-0.15, -0.1) is 0 Å². The van der Waals surface area contributed by atoms with Crippen molar-refractivity contribution in [3.8, 4) is 0 Å². The molecule has 0 saturated carbocycles. The Morgan fingerprint density at radius 1 is 0.950 bits per heavy atom. The van der Waals surface area contributed by atoms with Crippen LogP contribution in [0, 0.1) is 20.8 Å². The highest BCUT2D eigenvalue weighted by Gasteiger charge is 1.99. The number of aryl methyl sites for hydroxylation is 3. The van der Waals surface area contributed by atoms with Gasteiger partial charge in [-0.05, 0) is 55.7 Å². The summed E-state index contributed by atoms with van der Waals surface area (Å²) in [5, 5.41) is 2.87. The highest BCUT2D eigenvalue weighted by Crippen LogP contribution is 2.14. The number of benzene rings is 2. The number of nitrogens with one attached hydrogen (secondary N) is 1. The van der Waals surface area contributed by atoms with Crippen molar-refractivity contribution in [2.75, 3.05) is 5.32 Å². The van der Waals surface area contributed by atoms with Crippen molar-refractivity contribution in [3.05, 3.63) is 70.8 Å². The van der Waals surface area contributed by atoms with Crippen LogP contribution in [0.15, 0.2) is 48.5 Å². The molecule has 2 aromatic rings. The second-order valence-corrected chi connectivity index (χ2v) is 5.03. The summed E-state index contributed by atoms with van der Waals surface area (Å²) >= 11 is 0. The van der Waals surface area contributed by atoms with Gasteiger partial charge in [0.2, 0.25) is 5.91 Å². The van der Waals surface area contributed by atoms with Crippen LogP contribution >= 0.6 is 0 Å². The zero-order valence-electron chi connectivity index (χ0n) is 12.1. The normalized spacial score (nSPS) is 10.8. The topological polar surface area (TPSA) is 29.1 Å². The maximum Gasteiger partial charge on any atom is 0.248 e. The molecule has 0 aliphatic heterocycles. The average Bonchev–Trinajstić information content (AvgIpc) is 2.42. The minimum absolute atomic E-state index is 0.117. The summed E-state index contributed by atoms with van der Waals surface area (Å²) in [6.45, 7) is 6.13. The lowest BCUT2D eigenvalue weighted by Gasteiger charge is -2.05. The Labute approximate surface area is 120 Å². The number of carbonyl (C=O) groups is 1. The van der Waals surface area contributed by atoms with Crippen LogP contribution < -0.4 is 5.32 Å². The predicted molar refractivity (Wildman–Crippen MR) is 84.8 cm³/mol. The molecule has 2 aromatic carbocycles. The van der Waals surface area contributed by atoms with Gasteiger partial charge in [0.25, 0.3) is 0 Å². The third-order valence-corrected chi connectivity index (χ3v) is 3.28. The van der Waals surface area contributed by atoms with Gasteiger partial charge in [-0.1, -0.05) is 35.9 Å². The molecule has 0 heterocycles. The van der Waals surface area contributed by atoms with Crippen molar-refractivity contribution in [1.29, 1.82) is 0 Å². The first-order valence-electron chi connectivity index (χ1n) is 6.67. The maximum atomic E-state index is 11.9. The Bertz CT molecular complexity index is 639. The maximum absolute atomic E-state index is 11.9. The van der Waals surface area contributed by atoms with Crippen molar-refractivity contribution < 1.29 is 4.79 Å². The van der Waals surface area contributed by atoms with Crippen molar-refractivity contribution in [2.24, 2.45) is 0 Å². The van der Waals surface area contributed by atoms with Crippen LogP contribution in [0.1, 0.15) is 22.3 Å². The Morgan fingerprint density at radius 2 is 1.65 bits per heavy atom. The lowest BCUT2D eigenvalue weighted by atomic mass is 10.1. The van der Waals surface area contributed by atoms with E-state index in [1.807, 2.05) is 62.4 Å². The Kier molecular flexibility index (Phi) is 4.36. The molecule has 0 radical (unpaired) electrons. The Hall–Kier alpha value is -2.35. The van der Waals surface area contributed by atoms with Crippen LogP contribution in [0.3, 0.4) is 0 Å². The molecule has 0 atom stereocenters. The second-order valence-electron chi connectivity index (χ2n) is 5.03. The summed E-state index contributed by atoms with van der Waals surface area (Å²) < 4.78 is 0. The SMILES string of the molecule is Cc1ccc(C=CC(=O)Nc2ccc(C)c(C)c2)cc1. The smallest absolute Gasteiger partial charge is 0.248 e. The van der Waals surface area contributed by atoms with E-state index < -0.39 is 0 Å². The highest BCUT2D eigenvalue weighted by atomic mass is 16.1. The molecule has 102 valence electrons. The van der Waals surface area contributed by atoms with Crippen molar-refractivity contribution in [2.45, 2.75) is 20.8 Å². The first-order valence-corrected chi connectivity index (χ1v) is 6.67. The highest BCUT2D eigenvalue weighted by molar-refractivity contribution is 6.01. The number of hydrogen-bond donors (Lipinski definition) is 1. The summed E-state index contributed by atoms with van der Waals surface area (Å²) in [5.74, 6) is -0.117. The third-order valence-electron chi connectivity index (χ3n) is 3.28. The number of hydrogen-bond acceptors (Lipinski definition) is 1. The van der Waals surface area contributed by atoms with Gasteiger partial charge in [0, 0.05) is 11.8 Å². The van der Waals surface area contributed by atoms with Crippen molar-refractivity contribution in [3.63, 3.8) is 0 Å². The first kappa shape index (κ1) is 14.1. The fourth-order valence-corrected chi connectivity index (χ4v) is 1.85. The zero-order chi connectivity index (χ0) is 14.5. The summed E-state index contributed by atoms with van der Waals surface area (Å²) in [6, 6.07) is 14.0. The molecule has 0 aliphatic carbocycles. The first-order chi connectivity index (χ1) is 9.54. The van der Waals surface area contributed by atoms with Gasteiger partial charge in [-0.25, -0.2) is 0 Å². The quantitative estimate of drug-likeness (QED) is 0.825. The zero-order valence-corrected chi connectivity index (χ0v) is 12.1. The fourth-order valence-electron chi connectivity index (χ4n) is 1.85. The minimum atomic E-state index is -0.117. The van der Waals surface area contributed by atoms with Crippen LogP contribution in [0.5, 0.6) is 0 Å². The largest absolute Gasteiger partial charge is 0.323 e. The molecule has 0 spiro atoms. The summed E-state index contributed by atoms with van der Waals surface area (Å²) in [7, 11) is 0. The predicted octanol–water partition coefficient (Wildman–Crippen LogP) is 4.26. The van der Waals surface area contributed by atoms with Crippen LogP contribution in [0.2, 0.25) is 0 Å². The van der Waals surface area contributed by atoms with Crippen molar-refractivity contribution in [1.82, 2.24) is 0 Å². The molecule has 0 aromatic heterocycles. The minimum Gasteiger partial charge on any atom is -0.323 e. The van der Waals surface area contributed by atoms with Gasteiger partial charge in [0.1, 0.15) is 0 Å². The molecular weight excluding hydrogens is 246 g/mol. The molecule has 20 heavy (non-hydrogen) atoms. The van der Waals surface area contributed by atoms with E-state index in [-0.39, 0.29) is 5.91 Å². The van der Waals surface area contributed by atoms with Gasteiger partial charge in [-0.3, -0.25) is 4.79 Å². The van der Waals surface area contributed by atoms with E-state index in [0.29, 0.717) is 0 Å². The van der Waals surface area contributed by atoms with Gasteiger partial charge in [0.05, 0.1) is 0 Å². The number of carbonyl (C=O) groups excluding carboxylic acids is 1. The number of anilines is 1. The van der Waals surface area contributed by atoms with E-state index in [1.165, 1.54) is 16.7 Å². The van der Waals surface area contributed by atoms with E-state index in [9.17, 15) is 4.79 Å². The molecule has 1 N–H and O–H groups in total. The van der Waals surface area contributed by atoms with Gasteiger partial charge in [-0.2, -0.15) is 0 Å². The lowest BCUT2D eigenvalue weighted by Crippen LogP contribution is -2.07. The summed E-state index contributed by atoms with van der Waals surface area (Å²) in [4.78, 5) is 11.9. The Balaban J connectivity index is 2.01. The van der Waals surface area contributed by atoms with Crippen LogP contribution in [0.25, 0.3) is 6.08 Å². The molecule has 2 rings (SSSR count). The standard InChI is InChI=1S/C18H19NO/c1-13-4-7-16(8-5-13)9-11-18(20)19-17-10-6-14(2)15(3)12-17/h4-12H,1-3H3,(H,19,20).